The maximum absolute atomic E-state index is 12.6. The summed E-state index contributed by atoms with van der Waals surface area (Å²) in [5.41, 5.74) is 3.06. The van der Waals surface area contributed by atoms with Gasteiger partial charge in [0.2, 0.25) is 5.91 Å². The van der Waals surface area contributed by atoms with Gasteiger partial charge in [-0.2, -0.15) is 0 Å². The zero-order valence-electron chi connectivity index (χ0n) is 16.6. The Morgan fingerprint density at radius 3 is 2.23 bits per heavy atom. The van der Waals surface area contributed by atoms with E-state index in [0.29, 0.717) is 17.5 Å². The van der Waals surface area contributed by atoms with Crippen LogP contribution in [0.25, 0.3) is 0 Å². The van der Waals surface area contributed by atoms with E-state index >= 15 is 0 Å². The van der Waals surface area contributed by atoms with Crippen LogP contribution in [0.4, 0.5) is 0 Å². The number of fused-ring (bicyclic) bond motifs is 1. The van der Waals surface area contributed by atoms with Crippen molar-refractivity contribution in [1.82, 2.24) is 10.2 Å². The number of nitrogens with zero attached hydrogens (tertiary/aromatic N) is 1. The molecule has 3 amide bonds. The highest BCUT2D eigenvalue weighted by Crippen LogP contribution is 2.27. The lowest BCUT2D eigenvalue weighted by atomic mass is 10.0. The zero-order chi connectivity index (χ0) is 21.1. The Bertz CT molecular complexity index is 1040. The Morgan fingerprint density at radius 1 is 0.967 bits per heavy atom. The van der Waals surface area contributed by atoms with E-state index in [1.165, 1.54) is 4.90 Å². The summed E-state index contributed by atoms with van der Waals surface area (Å²) >= 11 is 1.60. The van der Waals surface area contributed by atoms with Gasteiger partial charge in [-0.15, -0.1) is 11.3 Å². The van der Waals surface area contributed by atoms with Crippen LogP contribution in [0.1, 0.15) is 55.6 Å². The van der Waals surface area contributed by atoms with Crippen molar-refractivity contribution < 1.29 is 14.4 Å². The Morgan fingerprint density at radius 2 is 1.63 bits per heavy atom. The molecule has 1 aliphatic rings. The first kappa shape index (κ1) is 20.0. The Balaban J connectivity index is 1.37. The molecule has 1 aromatic heterocycles. The SMILES string of the molecule is Cc1ccc([C@@H](NC(=O)CCCN2C(=O)c3ccccc3C2=O)c2cccs2)cc1. The highest BCUT2D eigenvalue weighted by Gasteiger charge is 2.34. The number of thiophene rings is 1. The zero-order valence-corrected chi connectivity index (χ0v) is 17.4. The summed E-state index contributed by atoms with van der Waals surface area (Å²) in [6, 6.07) is 18.7. The fourth-order valence-corrected chi connectivity index (χ4v) is 4.41. The van der Waals surface area contributed by atoms with Crippen LogP contribution >= 0.6 is 11.3 Å². The van der Waals surface area contributed by atoms with Crippen LogP contribution < -0.4 is 5.32 Å². The standard InChI is InChI=1S/C24H22N2O3S/c1-16-10-12-17(13-11-16)22(20-8-5-15-30-20)25-21(27)9-4-14-26-23(28)18-6-2-3-7-19(18)24(26)29/h2-3,5-8,10-13,15,22H,4,9,14H2,1H3,(H,25,27)/t22-/m1/s1. The minimum atomic E-state index is -0.285. The Hall–Kier alpha value is -3.25. The van der Waals surface area contributed by atoms with E-state index in [2.05, 4.69) is 5.32 Å². The van der Waals surface area contributed by atoms with Crippen LogP contribution in [0, 0.1) is 6.92 Å². The second kappa shape index (κ2) is 8.63. The fourth-order valence-electron chi connectivity index (χ4n) is 3.61. The van der Waals surface area contributed by atoms with Crippen LogP contribution in [0.5, 0.6) is 0 Å². The van der Waals surface area contributed by atoms with Crippen LogP contribution in [-0.2, 0) is 4.79 Å². The quantitative estimate of drug-likeness (QED) is 0.581. The van der Waals surface area contributed by atoms with Gasteiger partial charge < -0.3 is 5.32 Å². The summed E-state index contributed by atoms with van der Waals surface area (Å²) in [6.07, 6.45) is 0.656. The van der Waals surface area contributed by atoms with E-state index in [1.807, 2.05) is 48.7 Å². The normalized spacial score (nSPS) is 14.0. The fraction of sp³-hybridized carbons (Fsp3) is 0.208. The minimum Gasteiger partial charge on any atom is -0.344 e. The first-order valence-corrected chi connectivity index (χ1v) is 10.8. The number of carbonyl (C=O) groups excluding carboxylic acids is 3. The van der Waals surface area contributed by atoms with E-state index in [0.717, 1.165) is 16.0 Å². The van der Waals surface area contributed by atoms with E-state index < -0.39 is 0 Å². The molecule has 5 nitrogen and oxygen atoms in total. The van der Waals surface area contributed by atoms with Crippen LogP contribution in [0.3, 0.4) is 0 Å². The number of hydrogen-bond acceptors (Lipinski definition) is 4. The third-order valence-electron chi connectivity index (χ3n) is 5.21. The monoisotopic (exact) mass is 418 g/mol. The average molecular weight is 419 g/mol. The van der Waals surface area contributed by atoms with E-state index in [9.17, 15) is 14.4 Å². The molecular weight excluding hydrogens is 396 g/mol. The first-order valence-electron chi connectivity index (χ1n) is 9.89. The van der Waals surface area contributed by atoms with Gasteiger partial charge in [0.25, 0.3) is 11.8 Å². The number of hydrogen-bond donors (Lipinski definition) is 1. The number of rotatable bonds is 7. The minimum absolute atomic E-state index is 0.106. The number of aryl methyl sites for hydroxylation is 1. The molecule has 0 spiro atoms. The number of carbonyl (C=O) groups is 3. The van der Waals surface area contributed by atoms with Crippen molar-refractivity contribution in [2.75, 3.05) is 6.54 Å². The number of benzene rings is 2. The molecule has 2 aromatic carbocycles. The van der Waals surface area contributed by atoms with Crippen LogP contribution in [-0.4, -0.2) is 29.2 Å². The molecule has 3 aromatic rings. The van der Waals surface area contributed by atoms with Gasteiger partial charge >= 0.3 is 0 Å². The molecule has 152 valence electrons. The molecule has 0 unspecified atom stereocenters. The summed E-state index contributed by atoms with van der Waals surface area (Å²) in [7, 11) is 0. The highest BCUT2D eigenvalue weighted by molar-refractivity contribution is 7.10. The largest absolute Gasteiger partial charge is 0.344 e. The van der Waals surface area contributed by atoms with Gasteiger partial charge in [0.15, 0.2) is 0 Å². The van der Waals surface area contributed by atoms with Crippen molar-refractivity contribution in [2.45, 2.75) is 25.8 Å². The van der Waals surface area contributed by atoms with Crippen molar-refractivity contribution in [3.63, 3.8) is 0 Å². The lowest BCUT2D eigenvalue weighted by molar-refractivity contribution is -0.121. The molecule has 0 saturated heterocycles. The van der Waals surface area contributed by atoms with Gasteiger partial charge in [0.05, 0.1) is 17.2 Å². The second-order valence-electron chi connectivity index (χ2n) is 7.34. The van der Waals surface area contributed by atoms with Gasteiger partial charge in [0.1, 0.15) is 0 Å². The first-order chi connectivity index (χ1) is 14.5. The maximum atomic E-state index is 12.6. The lowest BCUT2D eigenvalue weighted by Gasteiger charge is -2.19. The van der Waals surface area contributed by atoms with Crippen molar-refractivity contribution in [3.8, 4) is 0 Å². The van der Waals surface area contributed by atoms with E-state index in [-0.39, 0.29) is 36.7 Å². The molecule has 0 bridgehead atoms. The topological polar surface area (TPSA) is 66.5 Å². The molecule has 1 aliphatic heterocycles. The number of imide groups is 1. The molecule has 6 heteroatoms. The van der Waals surface area contributed by atoms with Crippen molar-refractivity contribution in [2.24, 2.45) is 0 Å². The third kappa shape index (κ3) is 4.04. The molecule has 1 atom stereocenters. The van der Waals surface area contributed by atoms with Crippen molar-refractivity contribution in [3.05, 3.63) is 93.2 Å². The average Bonchev–Trinajstić information content (AvgIpc) is 3.36. The Labute approximate surface area is 179 Å². The Kier molecular flexibility index (Phi) is 5.77. The van der Waals surface area contributed by atoms with E-state index in [1.54, 1.807) is 35.6 Å². The summed E-state index contributed by atoms with van der Waals surface area (Å²) in [5.74, 6) is -0.676. The molecular formula is C24H22N2O3S. The van der Waals surface area contributed by atoms with E-state index in [4.69, 9.17) is 0 Å². The highest BCUT2D eigenvalue weighted by atomic mass is 32.1. The van der Waals surface area contributed by atoms with Crippen LogP contribution in [0.15, 0.2) is 66.0 Å². The molecule has 2 heterocycles. The van der Waals surface area contributed by atoms with Crippen molar-refractivity contribution in [1.29, 1.82) is 0 Å². The molecule has 0 radical (unpaired) electrons. The lowest BCUT2D eigenvalue weighted by Crippen LogP contribution is -2.33. The summed E-state index contributed by atoms with van der Waals surface area (Å²) in [5, 5.41) is 5.09. The van der Waals surface area contributed by atoms with Gasteiger partial charge in [0, 0.05) is 17.8 Å². The molecule has 1 N–H and O–H groups in total. The van der Waals surface area contributed by atoms with Gasteiger partial charge in [-0.05, 0) is 42.5 Å². The smallest absolute Gasteiger partial charge is 0.261 e. The second-order valence-corrected chi connectivity index (χ2v) is 8.32. The summed E-state index contributed by atoms with van der Waals surface area (Å²) in [4.78, 5) is 39.8. The maximum Gasteiger partial charge on any atom is 0.261 e. The predicted octanol–water partition coefficient (Wildman–Crippen LogP) is 4.34. The third-order valence-corrected chi connectivity index (χ3v) is 6.14. The predicted molar refractivity (Wildman–Crippen MR) is 117 cm³/mol. The molecule has 0 saturated carbocycles. The molecule has 0 aliphatic carbocycles. The van der Waals surface area contributed by atoms with Gasteiger partial charge in [-0.1, -0.05) is 48.0 Å². The molecule has 0 fully saturated rings. The number of nitrogens with one attached hydrogen (secondary N) is 1. The van der Waals surface area contributed by atoms with Gasteiger partial charge in [-0.25, -0.2) is 0 Å². The summed E-state index contributed by atoms with van der Waals surface area (Å²) in [6.45, 7) is 2.26. The number of amides is 3. The van der Waals surface area contributed by atoms with Crippen molar-refractivity contribution >= 4 is 29.1 Å². The molecule has 30 heavy (non-hydrogen) atoms. The van der Waals surface area contributed by atoms with Gasteiger partial charge in [-0.3, -0.25) is 19.3 Å². The summed E-state index contributed by atoms with van der Waals surface area (Å²) < 4.78 is 0. The molecule has 4 rings (SSSR count). The van der Waals surface area contributed by atoms with Crippen LogP contribution in [0.2, 0.25) is 0 Å².